The fraction of sp³-hybridized carbons (Fsp3) is 0.385. The zero-order valence-electron chi connectivity index (χ0n) is 19.5. The van der Waals surface area contributed by atoms with Crippen molar-refractivity contribution >= 4 is 7.60 Å². The van der Waals surface area contributed by atoms with Crippen LogP contribution in [0.2, 0.25) is 0 Å². The summed E-state index contributed by atoms with van der Waals surface area (Å²) in [5.74, 6) is 1.33. The van der Waals surface area contributed by atoms with Gasteiger partial charge in [0.2, 0.25) is 0 Å². The highest BCUT2D eigenvalue weighted by Crippen LogP contribution is 2.34. The minimum atomic E-state index is -3.95. The van der Waals surface area contributed by atoms with Crippen LogP contribution in [0.3, 0.4) is 0 Å². The second kappa shape index (κ2) is 12.9. The molecule has 0 unspecified atom stereocenters. The molecule has 8 heteroatoms. The molecule has 0 amide bonds. The highest BCUT2D eigenvalue weighted by molar-refractivity contribution is 7.51. The van der Waals surface area contributed by atoms with Crippen LogP contribution in [0.15, 0.2) is 59.2 Å². The lowest BCUT2D eigenvalue weighted by atomic mass is 10.1. The zero-order chi connectivity index (χ0) is 24.4. The SMILES string of the molecule is Cc1ccc(CCCCCOc2ccc(CNCCCP(=O)(O)O)cc2-c2ccco2)cc1F. The van der Waals surface area contributed by atoms with E-state index < -0.39 is 7.60 Å². The first-order valence-electron chi connectivity index (χ1n) is 11.6. The van der Waals surface area contributed by atoms with E-state index in [2.05, 4.69) is 5.32 Å². The lowest BCUT2D eigenvalue weighted by Gasteiger charge is -2.13. The molecule has 0 aliphatic rings. The summed E-state index contributed by atoms with van der Waals surface area (Å²) in [6.45, 7) is 3.45. The van der Waals surface area contributed by atoms with Gasteiger partial charge in [-0.3, -0.25) is 4.57 Å². The van der Waals surface area contributed by atoms with E-state index in [1.807, 2.05) is 42.5 Å². The third-order valence-electron chi connectivity index (χ3n) is 5.57. The highest BCUT2D eigenvalue weighted by Gasteiger charge is 2.12. The number of aryl methyl sites for hydroxylation is 2. The normalized spacial score (nSPS) is 11.6. The molecule has 34 heavy (non-hydrogen) atoms. The fourth-order valence-corrected chi connectivity index (χ4v) is 4.23. The van der Waals surface area contributed by atoms with E-state index >= 15 is 0 Å². The first-order valence-corrected chi connectivity index (χ1v) is 13.4. The maximum atomic E-state index is 13.7. The van der Waals surface area contributed by atoms with Gasteiger partial charge in [0.15, 0.2) is 0 Å². The molecule has 0 saturated carbocycles. The average molecular weight is 490 g/mol. The molecule has 0 spiro atoms. The summed E-state index contributed by atoms with van der Waals surface area (Å²) < 4.78 is 36.3. The summed E-state index contributed by atoms with van der Waals surface area (Å²) in [5, 5.41) is 3.21. The molecule has 0 saturated heterocycles. The van der Waals surface area contributed by atoms with Crippen LogP contribution < -0.4 is 10.1 Å². The van der Waals surface area contributed by atoms with E-state index in [4.69, 9.17) is 18.9 Å². The second-order valence-corrected chi connectivity index (χ2v) is 10.2. The topological polar surface area (TPSA) is 91.9 Å². The van der Waals surface area contributed by atoms with Crippen LogP contribution in [0.25, 0.3) is 11.3 Å². The maximum absolute atomic E-state index is 13.7. The van der Waals surface area contributed by atoms with Crippen molar-refractivity contribution in [2.75, 3.05) is 19.3 Å². The minimum absolute atomic E-state index is 0.119. The molecule has 0 aliphatic carbocycles. The van der Waals surface area contributed by atoms with Gasteiger partial charge in [0.1, 0.15) is 17.3 Å². The van der Waals surface area contributed by atoms with Gasteiger partial charge in [-0.2, -0.15) is 0 Å². The van der Waals surface area contributed by atoms with Crippen molar-refractivity contribution in [2.24, 2.45) is 0 Å². The van der Waals surface area contributed by atoms with E-state index in [-0.39, 0.29) is 12.0 Å². The van der Waals surface area contributed by atoms with Gasteiger partial charge in [0, 0.05) is 6.54 Å². The first kappa shape index (κ1) is 26.2. The number of benzene rings is 2. The van der Waals surface area contributed by atoms with Gasteiger partial charge in [-0.1, -0.05) is 18.2 Å². The Morgan fingerprint density at radius 3 is 2.59 bits per heavy atom. The van der Waals surface area contributed by atoms with Crippen LogP contribution >= 0.6 is 7.60 Å². The molecule has 184 valence electrons. The number of rotatable bonds is 14. The maximum Gasteiger partial charge on any atom is 0.325 e. The standard InChI is InChI=1S/C26H33FNO5P/c1-20-9-10-21(18-24(20)27)7-3-2-4-14-32-26-12-11-22(17-23(26)25-8-5-15-33-25)19-28-13-6-16-34(29,30)31/h5,8-12,15,17-18,28H,2-4,6-7,13-14,16,19H2,1H3,(H2,29,30,31). The van der Waals surface area contributed by atoms with Gasteiger partial charge in [0.25, 0.3) is 0 Å². The molecule has 3 rings (SSSR count). The smallest absolute Gasteiger partial charge is 0.325 e. The number of unbranched alkanes of at least 4 members (excludes halogenated alkanes) is 2. The molecule has 1 aromatic heterocycles. The van der Waals surface area contributed by atoms with Crippen molar-refractivity contribution in [2.45, 2.75) is 45.6 Å². The van der Waals surface area contributed by atoms with Gasteiger partial charge in [-0.25, -0.2) is 4.39 Å². The van der Waals surface area contributed by atoms with Crippen LogP contribution in [-0.2, 0) is 17.5 Å². The van der Waals surface area contributed by atoms with E-state index in [9.17, 15) is 8.96 Å². The van der Waals surface area contributed by atoms with Crippen molar-refractivity contribution in [3.63, 3.8) is 0 Å². The molecule has 0 aliphatic heterocycles. The highest BCUT2D eigenvalue weighted by atomic mass is 31.2. The average Bonchev–Trinajstić information content (AvgIpc) is 3.33. The summed E-state index contributed by atoms with van der Waals surface area (Å²) in [6.07, 6.45) is 5.63. The Bertz CT molecular complexity index is 1080. The summed E-state index contributed by atoms with van der Waals surface area (Å²) in [6, 6.07) is 15.1. The quantitative estimate of drug-likeness (QED) is 0.195. The molecular formula is C26H33FNO5P. The molecular weight excluding hydrogens is 456 g/mol. The Labute approximate surface area is 200 Å². The second-order valence-electron chi connectivity index (χ2n) is 8.47. The van der Waals surface area contributed by atoms with Gasteiger partial charge >= 0.3 is 7.60 Å². The Morgan fingerprint density at radius 2 is 1.85 bits per heavy atom. The Hall–Kier alpha value is -2.44. The molecule has 2 aromatic carbocycles. The summed E-state index contributed by atoms with van der Waals surface area (Å²) in [5.41, 5.74) is 3.59. The van der Waals surface area contributed by atoms with Crippen molar-refractivity contribution in [1.29, 1.82) is 0 Å². The lowest BCUT2D eigenvalue weighted by molar-refractivity contribution is 0.305. The largest absolute Gasteiger partial charge is 0.493 e. The summed E-state index contributed by atoms with van der Waals surface area (Å²) in [7, 11) is -3.95. The molecule has 0 radical (unpaired) electrons. The number of halogens is 1. The van der Waals surface area contributed by atoms with Crippen LogP contribution in [0.1, 0.15) is 42.4 Å². The van der Waals surface area contributed by atoms with Crippen molar-refractivity contribution in [3.05, 3.63) is 77.3 Å². The number of nitrogens with one attached hydrogen (secondary N) is 1. The third-order valence-corrected chi connectivity index (χ3v) is 6.47. The molecule has 6 nitrogen and oxygen atoms in total. The first-order chi connectivity index (χ1) is 16.3. The van der Waals surface area contributed by atoms with Gasteiger partial charge in [0.05, 0.1) is 24.6 Å². The van der Waals surface area contributed by atoms with Crippen LogP contribution in [0.4, 0.5) is 4.39 Å². The van der Waals surface area contributed by atoms with E-state index in [0.717, 1.165) is 53.9 Å². The number of furan rings is 1. The molecule has 3 N–H and O–H groups in total. The Morgan fingerprint density at radius 1 is 1.03 bits per heavy atom. The number of ether oxygens (including phenoxy) is 1. The fourth-order valence-electron chi connectivity index (χ4n) is 3.66. The summed E-state index contributed by atoms with van der Waals surface area (Å²) >= 11 is 0. The van der Waals surface area contributed by atoms with Crippen molar-refractivity contribution in [3.8, 4) is 17.1 Å². The van der Waals surface area contributed by atoms with E-state index in [1.54, 1.807) is 19.3 Å². The lowest BCUT2D eigenvalue weighted by Crippen LogP contribution is -2.16. The van der Waals surface area contributed by atoms with Crippen molar-refractivity contribution in [1.82, 2.24) is 5.32 Å². The monoisotopic (exact) mass is 489 g/mol. The third kappa shape index (κ3) is 8.73. The van der Waals surface area contributed by atoms with Crippen LogP contribution in [0.5, 0.6) is 5.75 Å². The minimum Gasteiger partial charge on any atom is -0.493 e. The molecule has 0 bridgehead atoms. The van der Waals surface area contributed by atoms with E-state index in [0.29, 0.717) is 31.7 Å². The van der Waals surface area contributed by atoms with Gasteiger partial charge in [-0.15, -0.1) is 0 Å². The van der Waals surface area contributed by atoms with Crippen LogP contribution in [-0.4, -0.2) is 29.1 Å². The van der Waals surface area contributed by atoms with Gasteiger partial charge in [-0.05, 0) is 92.6 Å². The predicted molar refractivity (Wildman–Crippen MR) is 132 cm³/mol. The summed E-state index contributed by atoms with van der Waals surface area (Å²) in [4.78, 5) is 17.9. The molecule has 0 atom stereocenters. The molecule has 3 aromatic rings. The van der Waals surface area contributed by atoms with Gasteiger partial charge < -0.3 is 24.3 Å². The number of hydrogen-bond donors (Lipinski definition) is 3. The van der Waals surface area contributed by atoms with E-state index in [1.165, 1.54) is 0 Å². The predicted octanol–water partition coefficient (Wildman–Crippen LogP) is 5.84. The Balaban J connectivity index is 1.47. The zero-order valence-corrected chi connectivity index (χ0v) is 20.4. The van der Waals surface area contributed by atoms with Crippen molar-refractivity contribution < 1.29 is 27.9 Å². The Kier molecular flexibility index (Phi) is 9.90. The molecule has 0 fully saturated rings. The number of hydrogen-bond acceptors (Lipinski definition) is 4. The molecule has 1 heterocycles. The van der Waals surface area contributed by atoms with Crippen LogP contribution in [0, 0.1) is 12.7 Å².